The van der Waals surface area contributed by atoms with E-state index in [-0.39, 0.29) is 23.2 Å². The Morgan fingerprint density at radius 2 is 1.64 bits per heavy atom. The number of hydrogen-bond donors (Lipinski definition) is 3. The van der Waals surface area contributed by atoms with Gasteiger partial charge in [0.25, 0.3) is 11.8 Å². The van der Waals surface area contributed by atoms with Crippen LogP contribution in [0.1, 0.15) is 15.9 Å². The number of aromatic nitrogens is 1. The Morgan fingerprint density at radius 3 is 2.39 bits per heavy atom. The normalized spacial score (nSPS) is 11.1. The molecule has 0 spiro atoms. The third kappa shape index (κ3) is 8.73. The summed E-state index contributed by atoms with van der Waals surface area (Å²) in [5.41, 5.74) is 3.12. The molecule has 0 bridgehead atoms. The summed E-state index contributed by atoms with van der Waals surface area (Å²) in [6, 6.07) is 29.0. The summed E-state index contributed by atoms with van der Waals surface area (Å²) < 4.78 is 14.1. The molecular formula is C33H24BrFN4O3S2. The van der Waals surface area contributed by atoms with Crippen molar-refractivity contribution in [2.24, 2.45) is 0 Å². The van der Waals surface area contributed by atoms with E-state index in [9.17, 15) is 18.8 Å². The molecule has 0 fully saturated rings. The molecule has 4 aromatic carbocycles. The van der Waals surface area contributed by atoms with Gasteiger partial charge in [0.15, 0.2) is 5.13 Å². The lowest BCUT2D eigenvalue weighted by molar-refractivity contribution is -0.114. The zero-order chi connectivity index (χ0) is 30.9. The quantitative estimate of drug-likeness (QED) is 0.103. The van der Waals surface area contributed by atoms with Crippen molar-refractivity contribution in [2.75, 3.05) is 16.4 Å². The largest absolute Gasteiger partial charge is 0.321 e. The fourth-order valence-corrected chi connectivity index (χ4v) is 5.67. The van der Waals surface area contributed by atoms with Crippen LogP contribution in [0.15, 0.2) is 124 Å². The number of benzene rings is 4. The van der Waals surface area contributed by atoms with Crippen molar-refractivity contribution < 1.29 is 18.8 Å². The van der Waals surface area contributed by atoms with Gasteiger partial charge in [-0.2, -0.15) is 0 Å². The number of thioether (sulfide) groups is 1. The number of rotatable bonds is 10. The van der Waals surface area contributed by atoms with Gasteiger partial charge in [0.2, 0.25) is 5.91 Å². The molecule has 0 aliphatic rings. The number of anilines is 2. The molecular weight excluding hydrogens is 663 g/mol. The van der Waals surface area contributed by atoms with Gasteiger partial charge < -0.3 is 16.0 Å². The molecule has 5 rings (SSSR count). The van der Waals surface area contributed by atoms with E-state index in [4.69, 9.17) is 0 Å². The van der Waals surface area contributed by atoms with E-state index in [1.165, 1.54) is 35.2 Å². The Kier molecular flexibility index (Phi) is 10.3. The highest BCUT2D eigenvalue weighted by Gasteiger charge is 2.16. The molecule has 0 unspecified atom stereocenters. The third-order valence-electron chi connectivity index (χ3n) is 6.06. The smallest absolute Gasteiger partial charge is 0.272 e. The summed E-state index contributed by atoms with van der Waals surface area (Å²) in [6.07, 6.45) is 1.60. The van der Waals surface area contributed by atoms with Crippen LogP contribution in [0.5, 0.6) is 0 Å². The lowest BCUT2D eigenvalue weighted by atomic mass is 10.1. The maximum absolute atomic E-state index is 13.4. The highest BCUT2D eigenvalue weighted by atomic mass is 79.9. The molecule has 3 N–H and O–H groups in total. The molecule has 11 heteroatoms. The molecule has 44 heavy (non-hydrogen) atoms. The lowest BCUT2D eigenvalue weighted by Gasteiger charge is -2.12. The summed E-state index contributed by atoms with van der Waals surface area (Å²) in [5.74, 6) is -1.37. The first kappa shape index (κ1) is 30.9. The van der Waals surface area contributed by atoms with Crippen molar-refractivity contribution in [1.29, 1.82) is 0 Å². The minimum atomic E-state index is -0.502. The first-order chi connectivity index (χ1) is 21.3. The second-order valence-electron chi connectivity index (χ2n) is 9.29. The van der Waals surface area contributed by atoms with Crippen molar-refractivity contribution in [3.05, 3.63) is 136 Å². The standard InChI is InChI=1S/C33H24BrFN4O3S2/c34-24-13-9-21(10-14-24)17-28(37-31(41)23-5-2-1-3-6-23)32(42)36-26-7-4-8-27(18-26)43-20-30(40)39-33-38-29(19-44-33)22-11-15-25(35)16-12-22/h1-19H,20H2,(H,36,42)(H,37,41)(H,38,39,40)/b28-17-. The van der Waals surface area contributed by atoms with Crippen LogP contribution >= 0.6 is 39.0 Å². The van der Waals surface area contributed by atoms with Crippen LogP contribution in [0.4, 0.5) is 15.2 Å². The first-order valence-corrected chi connectivity index (χ1v) is 15.9. The number of carbonyl (C=O) groups excluding carboxylic acids is 3. The highest BCUT2D eigenvalue weighted by Crippen LogP contribution is 2.26. The topological polar surface area (TPSA) is 100 Å². The number of amides is 3. The van der Waals surface area contributed by atoms with Crippen LogP contribution in [-0.4, -0.2) is 28.5 Å². The molecule has 0 radical (unpaired) electrons. The SMILES string of the molecule is O=C(CSc1cccc(NC(=O)/C(=C/c2ccc(Br)cc2)NC(=O)c2ccccc2)c1)Nc1nc(-c2ccc(F)cc2)cs1. The number of hydrogen-bond acceptors (Lipinski definition) is 6. The van der Waals surface area contributed by atoms with Gasteiger partial charge in [-0.3, -0.25) is 14.4 Å². The van der Waals surface area contributed by atoms with Gasteiger partial charge in [-0.25, -0.2) is 9.37 Å². The van der Waals surface area contributed by atoms with E-state index in [2.05, 4.69) is 36.9 Å². The highest BCUT2D eigenvalue weighted by molar-refractivity contribution is 9.10. The molecule has 0 aliphatic carbocycles. The van der Waals surface area contributed by atoms with E-state index in [0.29, 0.717) is 22.1 Å². The molecule has 1 aromatic heterocycles. The minimum absolute atomic E-state index is 0.0714. The summed E-state index contributed by atoms with van der Waals surface area (Å²) in [5, 5.41) is 10.6. The summed E-state index contributed by atoms with van der Waals surface area (Å²) in [7, 11) is 0. The molecule has 0 saturated heterocycles. The van der Waals surface area contributed by atoms with Crippen LogP contribution in [-0.2, 0) is 9.59 Å². The molecule has 0 saturated carbocycles. The summed E-state index contributed by atoms with van der Waals surface area (Å²) in [4.78, 5) is 44.0. The van der Waals surface area contributed by atoms with E-state index < -0.39 is 11.8 Å². The summed E-state index contributed by atoms with van der Waals surface area (Å²) in [6.45, 7) is 0. The average molecular weight is 688 g/mol. The van der Waals surface area contributed by atoms with Gasteiger partial charge in [-0.1, -0.05) is 52.3 Å². The second-order valence-corrected chi connectivity index (χ2v) is 12.1. The predicted molar refractivity (Wildman–Crippen MR) is 178 cm³/mol. The molecule has 3 amide bonds. The maximum Gasteiger partial charge on any atom is 0.272 e. The van der Waals surface area contributed by atoms with Crippen molar-refractivity contribution in [3.63, 3.8) is 0 Å². The van der Waals surface area contributed by atoms with Gasteiger partial charge >= 0.3 is 0 Å². The van der Waals surface area contributed by atoms with Crippen LogP contribution in [0.3, 0.4) is 0 Å². The van der Waals surface area contributed by atoms with Gasteiger partial charge in [0.05, 0.1) is 11.4 Å². The van der Waals surface area contributed by atoms with E-state index in [1.54, 1.807) is 66.1 Å². The van der Waals surface area contributed by atoms with E-state index >= 15 is 0 Å². The van der Waals surface area contributed by atoms with Crippen LogP contribution in [0.25, 0.3) is 17.3 Å². The monoisotopic (exact) mass is 686 g/mol. The fourth-order valence-electron chi connectivity index (χ4n) is 3.92. The molecule has 0 aliphatic heterocycles. The fraction of sp³-hybridized carbons (Fsp3) is 0.0303. The van der Waals surface area contributed by atoms with Crippen molar-refractivity contribution in [3.8, 4) is 11.3 Å². The van der Waals surface area contributed by atoms with Gasteiger partial charge in [-0.15, -0.1) is 23.1 Å². The van der Waals surface area contributed by atoms with Crippen molar-refractivity contribution >= 4 is 73.6 Å². The number of thiazole rings is 1. The zero-order valence-electron chi connectivity index (χ0n) is 22.9. The van der Waals surface area contributed by atoms with Gasteiger partial charge in [-0.05, 0) is 78.4 Å². The number of nitrogens with zero attached hydrogens (tertiary/aromatic N) is 1. The maximum atomic E-state index is 13.4. The van der Waals surface area contributed by atoms with Crippen LogP contribution < -0.4 is 16.0 Å². The average Bonchev–Trinajstić information content (AvgIpc) is 3.50. The Hall–Kier alpha value is -4.58. The molecule has 220 valence electrons. The molecule has 0 atom stereocenters. The first-order valence-electron chi connectivity index (χ1n) is 13.2. The van der Waals surface area contributed by atoms with Gasteiger partial charge in [0.1, 0.15) is 11.5 Å². The summed E-state index contributed by atoms with van der Waals surface area (Å²) >= 11 is 5.98. The lowest BCUT2D eigenvalue weighted by Crippen LogP contribution is -2.30. The second kappa shape index (κ2) is 14.7. The van der Waals surface area contributed by atoms with Crippen molar-refractivity contribution in [2.45, 2.75) is 4.90 Å². The van der Waals surface area contributed by atoms with Crippen LogP contribution in [0.2, 0.25) is 0 Å². The third-order valence-corrected chi connectivity index (χ3v) is 8.34. The Labute approximate surface area is 269 Å². The van der Waals surface area contributed by atoms with Crippen LogP contribution in [0, 0.1) is 5.82 Å². The molecule has 7 nitrogen and oxygen atoms in total. The van der Waals surface area contributed by atoms with E-state index in [0.717, 1.165) is 20.5 Å². The number of halogens is 2. The predicted octanol–water partition coefficient (Wildman–Crippen LogP) is 7.85. The Bertz CT molecular complexity index is 1810. The molecule has 5 aromatic rings. The number of carbonyl (C=O) groups is 3. The van der Waals surface area contributed by atoms with Crippen molar-refractivity contribution in [1.82, 2.24) is 10.3 Å². The zero-order valence-corrected chi connectivity index (χ0v) is 26.1. The van der Waals surface area contributed by atoms with E-state index in [1.807, 2.05) is 36.4 Å². The number of nitrogens with one attached hydrogen (secondary N) is 3. The Morgan fingerprint density at radius 1 is 0.886 bits per heavy atom. The van der Waals surface area contributed by atoms with Gasteiger partial charge in [0, 0.05) is 31.6 Å². The minimum Gasteiger partial charge on any atom is -0.321 e. The Balaban J connectivity index is 1.22. The molecule has 1 heterocycles.